The Morgan fingerprint density at radius 2 is 2.00 bits per heavy atom. The van der Waals surface area contributed by atoms with Gasteiger partial charge in [0.1, 0.15) is 11.1 Å². The minimum absolute atomic E-state index is 0.0435. The van der Waals surface area contributed by atoms with Gasteiger partial charge in [0.25, 0.3) is 5.91 Å². The summed E-state index contributed by atoms with van der Waals surface area (Å²) in [5.41, 5.74) is 0.816. The number of thiazole rings is 1. The molecule has 2 heterocycles. The van der Waals surface area contributed by atoms with E-state index in [9.17, 15) is 9.59 Å². The van der Waals surface area contributed by atoms with Crippen LogP contribution in [0, 0.1) is 13.8 Å². The van der Waals surface area contributed by atoms with Crippen molar-refractivity contribution in [2.24, 2.45) is 0 Å². The maximum atomic E-state index is 12.8. The van der Waals surface area contributed by atoms with Gasteiger partial charge in [-0.25, -0.2) is 9.78 Å². The van der Waals surface area contributed by atoms with Crippen LogP contribution in [-0.2, 0) is 0 Å². The molecule has 0 saturated heterocycles. The molecule has 124 valence electrons. The van der Waals surface area contributed by atoms with Crippen molar-refractivity contribution >= 4 is 28.2 Å². The predicted octanol–water partition coefficient (Wildman–Crippen LogP) is 3.70. The van der Waals surface area contributed by atoms with Gasteiger partial charge in [-0.1, -0.05) is 18.2 Å². The van der Waals surface area contributed by atoms with E-state index < -0.39 is 5.63 Å². The number of carbonyl (C=O) groups excluding carboxylic acids is 1. The van der Waals surface area contributed by atoms with Crippen molar-refractivity contribution in [3.63, 3.8) is 0 Å². The molecule has 0 N–H and O–H groups in total. The van der Waals surface area contributed by atoms with E-state index >= 15 is 0 Å². The first-order valence-electron chi connectivity index (χ1n) is 7.62. The summed E-state index contributed by atoms with van der Waals surface area (Å²) in [4.78, 5) is 32.0. The zero-order valence-electron chi connectivity index (χ0n) is 14.0. The number of aromatic nitrogens is 1. The lowest BCUT2D eigenvalue weighted by Crippen LogP contribution is -2.32. The summed E-state index contributed by atoms with van der Waals surface area (Å²) >= 11 is 1.56. The van der Waals surface area contributed by atoms with Crippen LogP contribution in [0.4, 0.5) is 0 Å². The minimum Gasteiger partial charge on any atom is -0.422 e. The topological polar surface area (TPSA) is 63.4 Å². The molecule has 3 rings (SSSR count). The maximum absolute atomic E-state index is 12.8. The van der Waals surface area contributed by atoms with Crippen LogP contribution < -0.4 is 5.63 Å². The number of hydrogen-bond acceptors (Lipinski definition) is 5. The molecule has 0 unspecified atom stereocenters. The lowest BCUT2D eigenvalue weighted by molar-refractivity contribution is 0.0740. The van der Waals surface area contributed by atoms with Crippen LogP contribution in [0.2, 0.25) is 0 Å². The minimum atomic E-state index is -0.616. The van der Waals surface area contributed by atoms with Crippen molar-refractivity contribution in [2.75, 3.05) is 7.05 Å². The Balaban J connectivity index is 1.97. The van der Waals surface area contributed by atoms with E-state index in [2.05, 4.69) is 4.98 Å². The Labute approximate surface area is 143 Å². The molecule has 0 radical (unpaired) electrons. The third-order valence-corrected chi connectivity index (χ3v) is 5.34. The van der Waals surface area contributed by atoms with Crippen molar-refractivity contribution in [2.45, 2.75) is 26.8 Å². The van der Waals surface area contributed by atoms with Gasteiger partial charge in [-0.3, -0.25) is 4.79 Å². The number of carbonyl (C=O) groups is 1. The molecule has 24 heavy (non-hydrogen) atoms. The first kappa shape index (κ1) is 16.4. The fourth-order valence-corrected chi connectivity index (χ4v) is 3.71. The number of rotatable bonds is 3. The van der Waals surface area contributed by atoms with E-state index in [0.717, 1.165) is 21.0 Å². The maximum Gasteiger partial charge on any atom is 0.349 e. The summed E-state index contributed by atoms with van der Waals surface area (Å²) in [6.45, 7) is 5.80. The molecule has 1 amide bonds. The van der Waals surface area contributed by atoms with Crippen LogP contribution in [0.25, 0.3) is 11.0 Å². The molecule has 0 spiro atoms. The molecule has 0 aliphatic rings. The van der Waals surface area contributed by atoms with E-state index in [0.29, 0.717) is 5.58 Å². The number of para-hydroxylation sites is 1. The average Bonchev–Trinajstić information content (AvgIpc) is 2.90. The van der Waals surface area contributed by atoms with Gasteiger partial charge in [-0.05, 0) is 32.9 Å². The van der Waals surface area contributed by atoms with E-state index in [4.69, 9.17) is 4.42 Å². The van der Waals surface area contributed by atoms with Crippen molar-refractivity contribution in [3.05, 3.63) is 61.9 Å². The van der Waals surface area contributed by atoms with Gasteiger partial charge in [0.05, 0.1) is 16.7 Å². The quantitative estimate of drug-likeness (QED) is 0.681. The lowest BCUT2D eigenvalue weighted by atomic mass is 10.1. The SMILES string of the molecule is Cc1nc(C)c([C@@H](C)N(C)C(=O)c2cc3ccccc3oc2=O)s1. The molecular weight excluding hydrogens is 324 g/mol. The monoisotopic (exact) mass is 342 g/mol. The van der Waals surface area contributed by atoms with Gasteiger partial charge >= 0.3 is 5.63 Å². The molecule has 5 nitrogen and oxygen atoms in total. The molecule has 0 fully saturated rings. The average molecular weight is 342 g/mol. The van der Waals surface area contributed by atoms with Crippen LogP contribution in [0.15, 0.2) is 39.5 Å². The summed E-state index contributed by atoms with van der Waals surface area (Å²) in [6.07, 6.45) is 0. The largest absolute Gasteiger partial charge is 0.422 e. The van der Waals surface area contributed by atoms with E-state index in [1.165, 1.54) is 0 Å². The second kappa shape index (κ2) is 6.20. The summed E-state index contributed by atoms with van der Waals surface area (Å²) in [7, 11) is 1.69. The zero-order valence-corrected chi connectivity index (χ0v) is 14.8. The molecule has 0 aliphatic heterocycles. The second-order valence-electron chi connectivity index (χ2n) is 5.76. The number of hydrogen-bond donors (Lipinski definition) is 0. The third-order valence-electron chi connectivity index (χ3n) is 4.09. The van der Waals surface area contributed by atoms with Crippen LogP contribution in [0.1, 0.15) is 38.9 Å². The zero-order chi connectivity index (χ0) is 17.4. The summed E-state index contributed by atoms with van der Waals surface area (Å²) in [6, 6.07) is 8.57. The molecule has 3 aromatic rings. The number of amides is 1. The smallest absolute Gasteiger partial charge is 0.349 e. The predicted molar refractivity (Wildman–Crippen MR) is 94.6 cm³/mol. The third kappa shape index (κ3) is 2.85. The Bertz CT molecular complexity index is 974. The van der Waals surface area contributed by atoms with E-state index in [1.54, 1.807) is 41.5 Å². The fraction of sp³-hybridized carbons (Fsp3) is 0.278. The highest BCUT2D eigenvalue weighted by atomic mass is 32.1. The molecule has 1 aromatic carbocycles. The Morgan fingerprint density at radius 1 is 1.29 bits per heavy atom. The first-order valence-corrected chi connectivity index (χ1v) is 8.44. The van der Waals surface area contributed by atoms with Crippen LogP contribution in [0.3, 0.4) is 0 Å². The molecule has 1 atom stereocenters. The van der Waals surface area contributed by atoms with Crippen LogP contribution >= 0.6 is 11.3 Å². The second-order valence-corrected chi connectivity index (χ2v) is 6.99. The van der Waals surface area contributed by atoms with E-state index in [-0.39, 0.29) is 17.5 Å². The van der Waals surface area contributed by atoms with Gasteiger partial charge in [0.15, 0.2) is 0 Å². The highest BCUT2D eigenvalue weighted by Crippen LogP contribution is 2.29. The standard InChI is InChI=1S/C18H18N2O3S/c1-10-16(24-12(3)19-10)11(2)20(4)17(21)14-9-13-7-5-6-8-15(13)23-18(14)22/h5-9,11H,1-4H3/t11-/m1/s1. The number of benzene rings is 1. The Hall–Kier alpha value is -2.47. The van der Waals surface area contributed by atoms with Crippen LogP contribution in [-0.4, -0.2) is 22.8 Å². The van der Waals surface area contributed by atoms with Crippen molar-refractivity contribution in [1.29, 1.82) is 0 Å². The molecule has 2 aromatic heterocycles. The van der Waals surface area contributed by atoms with Crippen molar-refractivity contribution in [1.82, 2.24) is 9.88 Å². The molecule has 0 aliphatic carbocycles. The highest BCUT2D eigenvalue weighted by molar-refractivity contribution is 7.11. The van der Waals surface area contributed by atoms with Crippen LogP contribution in [0.5, 0.6) is 0 Å². The number of nitrogens with zero attached hydrogens (tertiary/aromatic N) is 2. The molecule has 6 heteroatoms. The van der Waals surface area contributed by atoms with Gasteiger partial charge in [-0.2, -0.15) is 0 Å². The lowest BCUT2D eigenvalue weighted by Gasteiger charge is -2.24. The van der Waals surface area contributed by atoms with Gasteiger partial charge in [0, 0.05) is 17.3 Å². The molecular formula is C18H18N2O3S. The molecule has 0 saturated carbocycles. The fourth-order valence-electron chi connectivity index (χ4n) is 2.69. The normalized spacial score (nSPS) is 12.3. The summed E-state index contributed by atoms with van der Waals surface area (Å²) in [5, 5.41) is 1.69. The summed E-state index contributed by atoms with van der Waals surface area (Å²) in [5.74, 6) is -0.354. The van der Waals surface area contributed by atoms with Crippen molar-refractivity contribution in [3.8, 4) is 0 Å². The first-order chi connectivity index (χ1) is 11.4. The number of fused-ring (bicyclic) bond motifs is 1. The summed E-state index contributed by atoms with van der Waals surface area (Å²) < 4.78 is 5.26. The van der Waals surface area contributed by atoms with Gasteiger partial charge in [-0.15, -0.1) is 11.3 Å². The number of aryl methyl sites for hydroxylation is 2. The van der Waals surface area contributed by atoms with E-state index in [1.807, 2.05) is 32.9 Å². The highest BCUT2D eigenvalue weighted by Gasteiger charge is 2.25. The van der Waals surface area contributed by atoms with Crippen molar-refractivity contribution < 1.29 is 9.21 Å². The van der Waals surface area contributed by atoms with Gasteiger partial charge < -0.3 is 9.32 Å². The Morgan fingerprint density at radius 3 is 2.67 bits per heavy atom. The molecule has 0 bridgehead atoms. The Kier molecular flexibility index (Phi) is 4.24. The van der Waals surface area contributed by atoms with Gasteiger partial charge in [0.2, 0.25) is 0 Å².